The summed E-state index contributed by atoms with van der Waals surface area (Å²) in [7, 11) is 1.42. The number of nitrogens with zero attached hydrogens (tertiary/aromatic N) is 3. The van der Waals surface area contributed by atoms with Gasteiger partial charge in [-0.05, 0) is 19.1 Å². The summed E-state index contributed by atoms with van der Waals surface area (Å²) in [6.07, 6.45) is 0. The molecule has 8 nitrogen and oxygen atoms in total. The molecule has 0 radical (unpaired) electrons. The Morgan fingerprint density at radius 3 is 2.65 bits per heavy atom. The maximum Gasteiger partial charge on any atom is 0.315 e. The fourth-order valence-electron chi connectivity index (χ4n) is 1.58. The minimum absolute atomic E-state index is 0.0381. The first kappa shape index (κ1) is 13.5. The van der Waals surface area contributed by atoms with Gasteiger partial charge in [-0.25, -0.2) is 4.98 Å². The fourth-order valence-corrected chi connectivity index (χ4v) is 1.58. The molecule has 1 heterocycles. The van der Waals surface area contributed by atoms with Crippen LogP contribution in [0, 0.1) is 17.0 Å². The Bertz CT molecular complexity index is 640. The molecule has 0 bridgehead atoms. The van der Waals surface area contributed by atoms with E-state index in [0.29, 0.717) is 11.4 Å². The van der Waals surface area contributed by atoms with Crippen LogP contribution in [0.3, 0.4) is 0 Å². The van der Waals surface area contributed by atoms with Gasteiger partial charge in [-0.15, -0.1) is 0 Å². The molecule has 0 unspecified atom stereocenters. The molecule has 0 fully saturated rings. The van der Waals surface area contributed by atoms with Crippen LogP contribution in [0.2, 0.25) is 0 Å². The van der Waals surface area contributed by atoms with Crippen molar-refractivity contribution in [1.82, 2.24) is 9.97 Å². The smallest absolute Gasteiger partial charge is 0.315 e. The number of hydrogen-bond donors (Lipinski definition) is 1. The molecule has 0 saturated carbocycles. The van der Waals surface area contributed by atoms with E-state index >= 15 is 0 Å². The third kappa shape index (κ3) is 2.91. The molecule has 0 aliphatic heterocycles. The molecule has 0 spiro atoms. The molecule has 2 N–H and O–H groups in total. The highest BCUT2D eigenvalue weighted by molar-refractivity contribution is 5.52. The summed E-state index contributed by atoms with van der Waals surface area (Å²) in [4.78, 5) is 18.2. The number of nitrogen functional groups attached to an aromatic ring is 1. The number of anilines is 1. The van der Waals surface area contributed by atoms with Gasteiger partial charge in [0.2, 0.25) is 17.6 Å². The first-order valence-electron chi connectivity index (χ1n) is 5.61. The maximum absolute atomic E-state index is 11.0. The molecule has 1 aromatic carbocycles. The van der Waals surface area contributed by atoms with E-state index in [-0.39, 0.29) is 23.3 Å². The number of nitrogens with two attached hydrogens (primary N) is 1. The third-order valence-corrected chi connectivity index (χ3v) is 2.43. The van der Waals surface area contributed by atoms with E-state index in [0.717, 1.165) is 0 Å². The van der Waals surface area contributed by atoms with Crippen LogP contribution in [-0.4, -0.2) is 22.0 Å². The highest BCUT2D eigenvalue weighted by Gasteiger charge is 2.18. The van der Waals surface area contributed by atoms with Crippen molar-refractivity contribution in [2.75, 3.05) is 12.8 Å². The molecule has 1 aromatic heterocycles. The second kappa shape index (κ2) is 5.39. The van der Waals surface area contributed by atoms with Gasteiger partial charge in [0.05, 0.1) is 18.1 Å². The average Bonchev–Trinajstić information content (AvgIpc) is 2.37. The van der Waals surface area contributed by atoms with E-state index in [1.165, 1.54) is 25.3 Å². The van der Waals surface area contributed by atoms with Crippen LogP contribution in [0.25, 0.3) is 0 Å². The van der Waals surface area contributed by atoms with E-state index < -0.39 is 4.92 Å². The van der Waals surface area contributed by atoms with Crippen molar-refractivity contribution in [1.29, 1.82) is 0 Å². The van der Waals surface area contributed by atoms with Crippen molar-refractivity contribution in [2.24, 2.45) is 0 Å². The van der Waals surface area contributed by atoms with Crippen LogP contribution in [0.4, 0.5) is 11.6 Å². The van der Waals surface area contributed by atoms with E-state index in [9.17, 15) is 10.1 Å². The third-order valence-electron chi connectivity index (χ3n) is 2.43. The molecule has 0 saturated heterocycles. The lowest BCUT2D eigenvalue weighted by atomic mass is 10.3. The van der Waals surface area contributed by atoms with Crippen molar-refractivity contribution in [3.8, 4) is 17.4 Å². The monoisotopic (exact) mass is 276 g/mol. The van der Waals surface area contributed by atoms with E-state index in [1.54, 1.807) is 13.0 Å². The summed E-state index contributed by atoms with van der Waals surface area (Å²) in [5.74, 6) is 0.593. The topological polar surface area (TPSA) is 113 Å². The van der Waals surface area contributed by atoms with Crippen molar-refractivity contribution in [2.45, 2.75) is 6.92 Å². The van der Waals surface area contributed by atoms with E-state index in [1.807, 2.05) is 0 Å². The molecule has 0 atom stereocenters. The number of benzene rings is 1. The van der Waals surface area contributed by atoms with Gasteiger partial charge in [-0.1, -0.05) is 0 Å². The number of hydrogen-bond acceptors (Lipinski definition) is 7. The van der Waals surface area contributed by atoms with Gasteiger partial charge in [0, 0.05) is 11.8 Å². The molecule has 2 aromatic rings. The van der Waals surface area contributed by atoms with Crippen LogP contribution in [-0.2, 0) is 0 Å². The Labute approximate surface area is 114 Å². The largest absolute Gasteiger partial charge is 0.496 e. The lowest BCUT2D eigenvalue weighted by Gasteiger charge is -2.07. The number of aromatic nitrogens is 2. The van der Waals surface area contributed by atoms with Crippen molar-refractivity contribution >= 4 is 11.6 Å². The van der Waals surface area contributed by atoms with Crippen molar-refractivity contribution in [3.63, 3.8) is 0 Å². The van der Waals surface area contributed by atoms with Crippen LogP contribution in [0.1, 0.15) is 5.69 Å². The predicted molar refractivity (Wildman–Crippen MR) is 70.9 cm³/mol. The van der Waals surface area contributed by atoms with Gasteiger partial charge in [0.1, 0.15) is 5.75 Å². The quantitative estimate of drug-likeness (QED) is 0.671. The standard InChI is InChI=1S/C12H12N4O4/c1-7-5-11(15-12(13)14-7)20-10-4-3-8(19-2)6-9(10)16(17)18/h3-6H,1-2H3,(H2,13,14,15). The number of rotatable bonds is 4. The van der Waals surface area contributed by atoms with Crippen LogP contribution < -0.4 is 15.2 Å². The van der Waals surface area contributed by atoms with Gasteiger partial charge >= 0.3 is 5.69 Å². The van der Waals surface area contributed by atoms with Gasteiger partial charge in [0.15, 0.2) is 0 Å². The summed E-state index contributed by atoms with van der Waals surface area (Å²) < 4.78 is 10.3. The number of ether oxygens (including phenoxy) is 2. The molecule has 8 heteroatoms. The number of methoxy groups -OCH3 is 1. The first-order valence-corrected chi connectivity index (χ1v) is 5.61. The molecule has 20 heavy (non-hydrogen) atoms. The second-order valence-corrected chi connectivity index (χ2v) is 3.90. The molecular weight excluding hydrogens is 264 g/mol. The van der Waals surface area contributed by atoms with Crippen molar-refractivity contribution in [3.05, 3.63) is 40.1 Å². The molecule has 2 rings (SSSR count). The second-order valence-electron chi connectivity index (χ2n) is 3.90. The fraction of sp³-hybridized carbons (Fsp3) is 0.167. The molecule has 0 aliphatic rings. The average molecular weight is 276 g/mol. The van der Waals surface area contributed by atoms with Crippen molar-refractivity contribution < 1.29 is 14.4 Å². The van der Waals surface area contributed by atoms with E-state index in [4.69, 9.17) is 15.2 Å². The van der Waals surface area contributed by atoms with Crippen LogP contribution >= 0.6 is 0 Å². The Kier molecular flexibility index (Phi) is 3.65. The summed E-state index contributed by atoms with van der Waals surface area (Å²) in [5.41, 5.74) is 5.88. The van der Waals surface area contributed by atoms with Crippen LogP contribution in [0.15, 0.2) is 24.3 Å². The molecule has 104 valence electrons. The highest BCUT2D eigenvalue weighted by atomic mass is 16.6. The zero-order chi connectivity index (χ0) is 14.7. The van der Waals surface area contributed by atoms with Gasteiger partial charge in [-0.2, -0.15) is 4.98 Å². The summed E-state index contributed by atoms with van der Waals surface area (Å²) in [6, 6.07) is 5.79. The first-order chi connectivity index (χ1) is 9.49. The van der Waals surface area contributed by atoms with Crippen LogP contribution in [0.5, 0.6) is 17.4 Å². The summed E-state index contributed by atoms with van der Waals surface area (Å²) >= 11 is 0. The predicted octanol–water partition coefficient (Wildman–Crippen LogP) is 2.08. The number of nitro groups is 1. The maximum atomic E-state index is 11.0. The Morgan fingerprint density at radius 1 is 1.30 bits per heavy atom. The highest BCUT2D eigenvalue weighted by Crippen LogP contribution is 2.33. The molecular formula is C12H12N4O4. The zero-order valence-corrected chi connectivity index (χ0v) is 10.9. The molecule has 0 amide bonds. The SMILES string of the molecule is COc1ccc(Oc2cc(C)nc(N)n2)c([N+](=O)[O-])c1. The normalized spacial score (nSPS) is 10.1. The van der Waals surface area contributed by atoms with Gasteiger partial charge in [-0.3, -0.25) is 10.1 Å². The molecule has 0 aliphatic carbocycles. The minimum Gasteiger partial charge on any atom is -0.496 e. The summed E-state index contributed by atoms with van der Waals surface area (Å²) in [5, 5.41) is 11.0. The van der Waals surface area contributed by atoms with Gasteiger partial charge in [0.25, 0.3) is 0 Å². The Hall–Kier alpha value is -2.90. The lowest BCUT2D eigenvalue weighted by Crippen LogP contribution is -2.00. The van der Waals surface area contributed by atoms with E-state index in [2.05, 4.69) is 9.97 Å². The minimum atomic E-state index is -0.560. The Morgan fingerprint density at radius 2 is 2.05 bits per heavy atom. The zero-order valence-electron chi connectivity index (χ0n) is 10.9. The van der Waals surface area contributed by atoms with Gasteiger partial charge < -0.3 is 15.2 Å². The lowest BCUT2D eigenvalue weighted by molar-refractivity contribution is -0.385. The Balaban J connectivity index is 2.39. The summed E-state index contributed by atoms with van der Waals surface area (Å²) in [6.45, 7) is 1.72. The number of nitro benzene ring substituents is 1. The number of aryl methyl sites for hydroxylation is 1.